The summed E-state index contributed by atoms with van der Waals surface area (Å²) in [5, 5.41) is 23.8. The zero-order valence-corrected chi connectivity index (χ0v) is 33.4. The van der Waals surface area contributed by atoms with Gasteiger partial charge in [0.05, 0.1) is 13.2 Å². The van der Waals surface area contributed by atoms with E-state index in [9.17, 15) is 14.8 Å². The first-order valence-corrected chi connectivity index (χ1v) is 22.4. The van der Waals surface area contributed by atoms with Gasteiger partial charge in [-0.05, 0) is 43.6 Å². The molecule has 1 aromatic carbocycles. The van der Waals surface area contributed by atoms with E-state index in [0.717, 1.165) is 45.3 Å². The van der Waals surface area contributed by atoms with Gasteiger partial charge in [-0.3, -0.25) is 9.88 Å². The molecular weight excluding hydrogens is 631 g/mol. The number of nitrogens with one attached hydrogen (secondary N) is 1. The van der Waals surface area contributed by atoms with Crippen molar-refractivity contribution in [1.29, 1.82) is 0 Å². The SMILES string of the molecule is CCCCCCCCCCCCCCOP(=O)(OCCCCCCCCCCCCCC)C(NCCN(CC)CC)c1ccc(O)c(O)c1. The number of hydrogen-bond acceptors (Lipinski definition) is 7. The van der Waals surface area contributed by atoms with Crippen molar-refractivity contribution in [1.82, 2.24) is 10.2 Å². The molecule has 1 atom stereocenters. The van der Waals surface area contributed by atoms with E-state index in [1.54, 1.807) is 6.07 Å². The van der Waals surface area contributed by atoms with Gasteiger partial charge in [0.25, 0.3) is 0 Å². The van der Waals surface area contributed by atoms with E-state index < -0.39 is 13.4 Å². The van der Waals surface area contributed by atoms with Crippen LogP contribution in [0.4, 0.5) is 0 Å². The molecule has 0 aliphatic rings. The predicted octanol–water partition coefficient (Wildman–Crippen LogP) is 12.7. The van der Waals surface area contributed by atoms with Gasteiger partial charge in [-0.2, -0.15) is 0 Å². The molecule has 0 aliphatic carbocycles. The zero-order chi connectivity index (χ0) is 35.8. The topological polar surface area (TPSA) is 91.3 Å². The molecule has 0 radical (unpaired) electrons. The van der Waals surface area contributed by atoms with E-state index >= 15 is 0 Å². The summed E-state index contributed by atoms with van der Waals surface area (Å²) < 4.78 is 27.1. The summed E-state index contributed by atoms with van der Waals surface area (Å²) in [5.74, 6) is -1.17. The molecule has 0 heterocycles. The fourth-order valence-corrected chi connectivity index (χ4v) is 8.50. The Hall–Kier alpha value is -1.11. The lowest BCUT2D eigenvalue weighted by atomic mass is 10.1. The smallest absolute Gasteiger partial charge is 0.351 e. The average Bonchev–Trinajstić information content (AvgIpc) is 3.10. The van der Waals surface area contributed by atoms with Gasteiger partial charge >= 0.3 is 7.60 Å². The number of rotatable bonds is 36. The maximum Gasteiger partial charge on any atom is 0.351 e. The van der Waals surface area contributed by atoms with E-state index in [-0.39, 0.29) is 11.5 Å². The lowest BCUT2D eigenvalue weighted by Crippen LogP contribution is -2.34. The van der Waals surface area contributed by atoms with Gasteiger partial charge in [-0.1, -0.05) is 175 Å². The summed E-state index contributed by atoms with van der Waals surface area (Å²) in [7, 11) is -3.65. The summed E-state index contributed by atoms with van der Waals surface area (Å²) in [6.07, 6.45) is 30.1. The van der Waals surface area contributed by atoms with E-state index in [0.29, 0.717) is 25.3 Å². The molecule has 0 saturated carbocycles. The number of nitrogens with zero attached hydrogens (tertiary/aromatic N) is 1. The fraction of sp³-hybridized carbons (Fsp3) is 0.854. The van der Waals surface area contributed by atoms with E-state index in [2.05, 4.69) is 37.9 Å². The maximum absolute atomic E-state index is 14.7. The monoisotopic (exact) mass is 711 g/mol. The van der Waals surface area contributed by atoms with Crippen molar-refractivity contribution in [2.24, 2.45) is 0 Å². The largest absolute Gasteiger partial charge is 0.504 e. The summed E-state index contributed by atoms with van der Waals surface area (Å²) in [4.78, 5) is 2.31. The lowest BCUT2D eigenvalue weighted by molar-refractivity contribution is 0.185. The highest BCUT2D eigenvalue weighted by molar-refractivity contribution is 7.54. The summed E-state index contributed by atoms with van der Waals surface area (Å²) >= 11 is 0. The van der Waals surface area contributed by atoms with E-state index in [1.165, 1.54) is 141 Å². The number of hydrogen-bond donors (Lipinski definition) is 3. The minimum atomic E-state index is -3.65. The molecule has 0 fully saturated rings. The second-order valence-corrected chi connectivity index (χ2v) is 16.2. The molecule has 288 valence electrons. The van der Waals surface area contributed by atoms with Crippen LogP contribution in [-0.4, -0.2) is 54.5 Å². The zero-order valence-electron chi connectivity index (χ0n) is 32.5. The van der Waals surface area contributed by atoms with Gasteiger partial charge < -0.3 is 24.2 Å². The van der Waals surface area contributed by atoms with Crippen molar-refractivity contribution in [3.8, 4) is 11.5 Å². The molecule has 0 aromatic heterocycles. The van der Waals surface area contributed by atoms with Gasteiger partial charge in [0.2, 0.25) is 0 Å². The molecule has 8 heteroatoms. The molecule has 1 rings (SSSR count). The number of likely N-dealkylation sites (N-methyl/N-ethyl adjacent to an activating group) is 1. The summed E-state index contributed by atoms with van der Waals surface area (Å²) in [6.45, 7) is 12.8. The molecule has 7 nitrogen and oxygen atoms in total. The molecule has 1 unspecified atom stereocenters. The van der Waals surface area contributed by atoms with Gasteiger partial charge in [0, 0.05) is 13.1 Å². The normalized spacial score (nSPS) is 12.7. The standard InChI is InChI=1S/C41H79N2O5P/c1-5-9-11-13-15-17-19-21-23-25-27-29-35-47-49(46,48-36-30-28-26-24-22-20-18-16-14-12-10-6-2)41(42-33-34-43(7-3)8-4)38-31-32-39(44)40(45)37-38/h31-32,37,41-42,44-45H,5-30,33-36H2,1-4H3. The van der Waals surface area contributed by atoms with Crippen LogP contribution in [-0.2, 0) is 13.6 Å². The number of unbranched alkanes of at least 4 members (excludes halogenated alkanes) is 22. The minimum absolute atomic E-state index is 0.199. The number of phenols is 2. The Labute approximate surface area is 303 Å². The van der Waals surface area contributed by atoms with Crippen molar-refractivity contribution < 1.29 is 23.8 Å². The Balaban J connectivity index is 2.68. The first-order chi connectivity index (χ1) is 23.9. The minimum Gasteiger partial charge on any atom is -0.504 e. The predicted molar refractivity (Wildman–Crippen MR) is 210 cm³/mol. The Bertz CT molecular complexity index is 895. The fourth-order valence-electron chi connectivity index (χ4n) is 6.48. The van der Waals surface area contributed by atoms with Crippen LogP contribution in [0.1, 0.15) is 193 Å². The van der Waals surface area contributed by atoms with Gasteiger partial charge in [0.15, 0.2) is 11.5 Å². The first-order valence-electron chi connectivity index (χ1n) is 20.8. The van der Waals surface area contributed by atoms with Crippen LogP contribution in [0.15, 0.2) is 18.2 Å². The average molecular weight is 711 g/mol. The third-order valence-corrected chi connectivity index (χ3v) is 12.0. The Kier molecular flexibility index (Phi) is 29.6. The van der Waals surface area contributed by atoms with Crippen LogP contribution in [0.25, 0.3) is 0 Å². The van der Waals surface area contributed by atoms with E-state index in [1.807, 2.05) is 0 Å². The number of benzene rings is 1. The molecule has 0 aliphatic heterocycles. The quantitative estimate of drug-likeness (QED) is 0.0363. The van der Waals surface area contributed by atoms with Gasteiger partial charge in [-0.15, -0.1) is 0 Å². The summed E-state index contributed by atoms with van der Waals surface area (Å²) in [5.41, 5.74) is 0.600. The Morgan fingerprint density at radius 2 is 0.980 bits per heavy atom. The maximum atomic E-state index is 14.7. The molecule has 0 amide bonds. The van der Waals surface area contributed by atoms with Crippen molar-refractivity contribution in [2.75, 3.05) is 39.4 Å². The third kappa shape index (κ3) is 23.1. The Morgan fingerprint density at radius 1 is 0.592 bits per heavy atom. The molecule has 1 aromatic rings. The van der Waals surface area contributed by atoms with Gasteiger partial charge in [0.1, 0.15) is 5.78 Å². The van der Waals surface area contributed by atoms with Crippen LogP contribution in [0, 0.1) is 0 Å². The molecule has 0 bridgehead atoms. The number of aromatic hydroxyl groups is 2. The van der Waals surface area contributed by atoms with Crippen molar-refractivity contribution in [3.05, 3.63) is 23.8 Å². The lowest BCUT2D eigenvalue weighted by Gasteiger charge is -2.29. The van der Waals surface area contributed by atoms with Gasteiger partial charge in [-0.25, -0.2) is 0 Å². The molecule has 0 spiro atoms. The first kappa shape index (κ1) is 45.9. The van der Waals surface area contributed by atoms with Crippen molar-refractivity contribution >= 4 is 7.60 Å². The van der Waals surface area contributed by atoms with Crippen LogP contribution in [0.3, 0.4) is 0 Å². The molecule has 0 saturated heterocycles. The van der Waals surface area contributed by atoms with Crippen LogP contribution in [0.5, 0.6) is 11.5 Å². The molecule has 49 heavy (non-hydrogen) atoms. The highest BCUT2D eigenvalue weighted by Crippen LogP contribution is 2.60. The van der Waals surface area contributed by atoms with Crippen LogP contribution in [0.2, 0.25) is 0 Å². The van der Waals surface area contributed by atoms with E-state index in [4.69, 9.17) is 9.05 Å². The van der Waals surface area contributed by atoms with Crippen molar-refractivity contribution in [3.63, 3.8) is 0 Å². The highest BCUT2D eigenvalue weighted by atomic mass is 31.2. The second kappa shape index (κ2) is 31.6. The third-order valence-electron chi connectivity index (χ3n) is 9.83. The van der Waals surface area contributed by atoms with Crippen LogP contribution >= 0.6 is 7.60 Å². The Morgan fingerprint density at radius 3 is 1.35 bits per heavy atom. The highest BCUT2D eigenvalue weighted by Gasteiger charge is 2.37. The number of phenolic OH excluding ortho intramolecular Hbond substituents is 2. The molecular formula is C41H79N2O5P. The van der Waals surface area contributed by atoms with Crippen molar-refractivity contribution in [2.45, 2.75) is 188 Å². The second-order valence-electron chi connectivity index (χ2n) is 14.1. The van der Waals surface area contributed by atoms with Crippen LogP contribution < -0.4 is 5.32 Å². The summed E-state index contributed by atoms with van der Waals surface area (Å²) in [6, 6.07) is 4.64. The molecule has 3 N–H and O–H groups in total.